The van der Waals surface area contributed by atoms with Gasteiger partial charge in [0.25, 0.3) is 0 Å². The monoisotopic (exact) mass is 216 g/mol. The summed E-state index contributed by atoms with van der Waals surface area (Å²) in [4.78, 5) is 25.2. The van der Waals surface area contributed by atoms with Crippen LogP contribution in [0.2, 0.25) is 0 Å². The molecule has 0 saturated carbocycles. The van der Waals surface area contributed by atoms with E-state index in [2.05, 4.69) is 0 Å². The van der Waals surface area contributed by atoms with Gasteiger partial charge < -0.3 is 14.7 Å². The van der Waals surface area contributed by atoms with Crippen LogP contribution in [0.3, 0.4) is 0 Å². The Balaban J connectivity index is 2.27. The molecule has 0 radical (unpaired) electrons. The molecule has 1 aliphatic rings. The summed E-state index contributed by atoms with van der Waals surface area (Å²) in [5, 5.41) is 8.51. The Morgan fingerprint density at radius 1 is 1.60 bits per heavy atom. The van der Waals surface area contributed by atoms with Crippen molar-refractivity contribution in [2.45, 2.75) is 6.04 Å². The zero-order valence-corrected chi connectivity index (χ0v) is 8.97. The van der Waals surface area contributed by atoms with E-state index in [-0.39, 0.29) is 18.5 Å². The number of carbonyl (C=O) groups excluding carboxylic acids is 1. The van der Waals surface area contributed by atoms with Gasteiger partial charge in [0, 0.05) is 27.2 Å². The number of carboxylic acids is 1. The minimum atomic E-state index is -0.991. The average Bonchev–Trinajstić information content (AvgIpc) is 2.91. The zero-order chi connectivity index (χ0) is 11.4. The second-order valence-corrected chi connectivity index (χ2v) is 3.59. The second kappa shape index (κ2) is 5.09. The van der Waals surface area contributed by atoms with Crippen molar-refractivity contribution >= 4 is 11.9 Å². The van der Waals surface area contributed by atoms with Crippen molar-refractivity contribution < 1.29 is 19.4 Å². The minimum Gasteiger partial charge on any atom is -0.480 e. The van der Waals surface area contributed by atoms with E-state index in [1.165, 1.54) is 11.9 Å². The van der Waals surface area contributed by atoms with Gasteiger partial charge in [-0.3, -0.25) is 14.5 Å². The molecule has 1 fully saturated rings. The highest BCUT2D eigenvalue weighted by Gasteiger charge is 2.41. The number of aliphatic carboxylic acids is 1. The van der Waals surface area contributed by atoms with Crippen molar-refractivity contribution in [2.24, 2.45) is 0 Å². The van der Waals surface area contributed by atoms with Crippen molar-refractivity contribution in [2.75, 3.05) is 40.4 Å². The number of carboxylic acid groups (broad SMARTS) is 1. The van der Waals surface area contributed by atoms with Crippen LogP contribution in [0.4, 0.5) is 0 Å². The number of methoxy groups -OCH3 is 1. The minimum absolute atomic E-state index is 0.131. The molecule has 15 heavy (non-hydrogen) atoms. The first-order valence-electron chi connectivity index (χ1n) is 4.76. The lowest BCUT2D eigenvalue weighted by Crippen LogP contribution is -2.36. The molecule has 1 aliphatic heterocycles. The molecule has 0 aromatic carbocycles. The van der Waals surface area contributed by atoms with Gasteiger partial charge in [-0.1, -0.05) is 0 Å². The van der Waals surface area contributed by atoms with Crippen molar-refractivity contribution in [1.29, 1.82) is 0 Å². The summed E-state index contributed by atoms with van der Waals surface area (Å²) in [6.07, 6.45) is 0. The lowest BCUT2D eigenvalue weighted by Gasteiger charge is -2.14. The van der Waals surface area contributed by atoms with Crippen molar-refractivity contribution in [3.8, 4) is 0 Å². The zero-order valence-electron chi connectivity index (χ0n) is 8.97. The van der Waals surface area contributed by atoms with Crippen LogP contribution in [0.15, 0.2) is 0 Å². The second-order valence-electron chi connectivity index (χ2n) is 3.59. The first kappa shape index (κ1) is 11.9. The maximum atomic E-state index is 11.6. The molecule has 1 N–H and O–H groups in total. The third-order valence-corrected chi connectivity index (χ3v) is 2.33. The number of likely N-dealkylation sites (N-methyl/N-ethyl adjacent to an activating group) is 1. The van der Waals surface area contributed by atoms with Crippen LogP contribution < -0.4 is 0 Å². The molecule has 0 spiro atoms. The normalized spacial score (nSPS) is 23.6. The number of hydrogen-bond acceptors (Lipinski definition) is 4. The molecule has 1 amide bonds. The number of amides is 1. The van der Waals surface area contributed by atoms with Gasteiger partial charge in [0.05, 0.1) is 6.61 Å². The predicted octanol–water partition coefficient (Wildman–Crippen LogP) is -1.14. The van der Waals surface area contributed by atoms with Crippen molar-refractivity contribution in [3.05, 3.63) is 0 Å². The molecule has 1 unspecified atom stereocenters. The molecular formula is C9H16N2O4. The largest absolute Gasteiger partial charge is 0.480 e. The molecular weight excluding hydrogens is 200 g/mol. The lowest BCUT2D eigenvalue weighted by molar-refractivity contribution is -0.143. The van der Waals surface area contributed by atoms with E-state index in [0.717, 1.165) is 0 Å². The molecule has 86 valence electrons. The standard InChI is InChI=1S/C9H16N2O4/c1-10(6-8(12)13)9(14)7-5-11(7)3-4-15-2/h7H,3-6H2,1-2H3,(H,12,13)/t7-,11?/m0/s1. The first-order chi connectivity index (χ1) is 7.06. The molecule has 0 aromatic rings. The van der Waals surface area contributed by atoms with Crippen LogP contribution in [-0.2, 0) is 14.3 Å². The Morgan fingerprint density at radius 2 is 2.27 bits per heavy atom. The molecule has 6 heteroatoms. The highest BCUT2D eigenvalue weighted by molar-refractivity contribution is 5.87. The van der Waals surface area contributed by atoms with Gasteiger partial charge >= 0.3 is 5.97 Å². The third kappa shape index (κ3) is 3.49. The Hall–Kier alpha value is -1.14. The summed E-state index contributed by atoms with van der Waals surface area (Å²) in [5.74, 6) is -1.12. The quantitative estimate of drug-likeness (QED) is 0.568. The Kier molecular flexibility index (Phi) is 4.05. The molecule has 0 aliphatic carbocycles. The lowest BCUT2D eigenvalue weighted by atomic mass is 10.4. The fraction of sp³-hybridized carbons (Fsp3) is 0.778. The molecule has 1 saturated heterocycles. The number of nitrogens with zero attached hydrogens (tertiary/aromatic N) is 2. The summed E-state index contributed by atoms with van der Waals surface area (Å²) in [6.45, 7) is 1.76. The van der Waals surface area contributed by atoms with Crippen LogP contribution in [0, 0.1) is 0 Å². The topological polar surface area (TPSA) is 69.9 Å². The summed E-state index contributed by atoms with van der Waals surface area (Å²) in [5.41, 5.74) is 0. The van der Waals surface area contributed by atoms with E-state index in [0.29, 0.717) is 19.7 Å². The number of hydrogen-bond donors (Lipinski definition) is 1. The summed E-state index contributed by atoms with van der Waals surface area (Å²) >= 11 is 0. The molecule has 0 bridgehead atoms. The van der Waals surface area contributed by atoms with Gasteiger partial charge in [0.15, 0.2) is 0 Å². The Labute approximate surface area is 88.4 Å². The van der Waals surface area contributed by atoms with E-state index in [1.54, 1.807) is 7.11 Å². The maximum absolute atomic E-state index is 11.6. The van der Waals surface area contributed by atoms with Crippen LogP contribution in [-0.4, -0.2) is 73.2 Å². The molecule has 0 aromatic heterocycles. The van der Waals surface area contributed by atoms with Gasteiger partial charge in [-0.15, -0.1) is 0 Å². The molecule has 1 rings (SSSR count). The van der Waals surface area contributed by atoms with Crippen LogP contribution >= 0.6 is 0 Å². The summed E-state index contributed by atoms with van der Waals surface area (Å²) in [6, 6.07) is -0.149. The van der Waals surface area contributed by atoms with Gasteiger partial charge in [0.1, 0.15) is 12.6 Å². The van der Waals surface area contributed by atoms with Gasteiger partial charge in [-0.2, -0.15) is 0 Å². The number of carbonyl (C=O) groups is 2. The van der Waals surface area contributed by atoms with E-state index in [9.17, 15) is 9.59 Å². The Bertz CT molecular complexity index is 256. The van der Waals surface area contributed by atoms with Crippen LogP contribution in [0.1, 0.15) is 0 Å². The SMILES string of the molecule is COCCN1C[C@H]1C(=O)N(C)CC(=O)O. The van der Waals surface area contributed by atoms with E-state index < -0.39 is 5.97 Å². The molecule has 2 atom stereocenters. The fourth-order valence-electron chi connectivity index (χ4n) is 1.40. The van der Waals surface area contributed by atoms with Crippen molar-refractivity contribution in [1.82, 2.24) is 9.80 Å². The summed E-state index contributed by atoms with van der Waals surface area (Å²) in [7, 11) is 3.11. The van der Waals surface area contributed by atoms with E-state index >= 15 is 0 Å². The summed E-state index contributed by atoms with van der Waals surface area (Å²) < 4.78 is 4.89. The van der Waals surface area contributed by atoms with E-state index in [4.69, 9.17) is 9.84 Å². The Morgan fingerprint density at radius 3 is 2.80 bits per heavy atom. The van der Waals surface area contributed by atoms with E-state index in [1.807, 2.05) is 4.90 Å². The highest BCUT2D eigenvalue weighted by Crippen LogP contribution is 2.18. The van der Waals surface area contributed by atoms with Gasteiger partial charge in [-0.05, 0) is 0 Å². The van der Waals surface area contributed by atoms with Crippen LogP contribution in [0.5, 0.6) is 0 Å². The van der Waals surface area contributed by atoms with Gasteiger partial charge in [-0.25, -0.2) is 0 Å². The smallest absolute Gasteiger partial charge is 0.323 e. The van der Waals surface area contributed by atoms with Crippen LogP contribution in [0.25, 0.3) is 0 Å². The third-order valence-electron chi connectivity index (χ3n) is 2.33. The average molecular weight is 216 g/mol. The predicted molar refractivity (Wildman–Crippen MR) is 52.5 cm³/mol. The molecule has 6 nitrogen and oxygen atoms in total. The van der Waals surface area contributed by atoms with Gasteiger partial charge in [0.2, 0.25) is 5.91 Å². The number of rotatable bonds is 6. The van der Waals surface area contributed by atoms with Crippen molar-refractivity contribution in [3.63, 3.8) is 0 Å². The first-order valence-corrected chi connectivity index (χ1v) is 4.76. The fourth-order valence-corrected chi connectivity index (χ4v) is 1.40. The maximum Gasteiger partial charge on any atom is 0.323 e. The number of ether oxygens (including phenoxy) is 1. The molecule has 1 heterocycles. The highest BCUT2D eigenvalue weighted by atomic mass is 16.5.